The van der Waals surface area contributed by atoms with E-state index in [1.165, 1.54) is 7.11 Å². The van der Waals surface area contributed by atoms with Crippen molar-refractivity contribution in [3.05, 3.63) is 28.9 Å². The van der Waals surface area contributed by atoms with Crippen LogP contribution in [0.1, 0.15) is 10.5 Å². The average molecular weight is 212 g/mol. The Hall–Kier alpha value is -1.55. The van der Waals surface area contributed by atoms with Gasteiger partial charge in [-0.05, 0) is 12.1 Å². The molecule has 0 unspecified atom stereocenters. The fraction of sp³-hybridized carbons (Fsp3) is 0.111. The molecule has 2 aromatic rings. The molecule has 0 spiro atoms. The number of carbonyl (C=O) groups is 1. The zero-order valence-electron chi connectivity index (χ0n) is 7.28. The summed E-state index contributed by atoms with van der Waals surface area (Å²) in [5.41, 5.74) is 0.636. The summed E-state index contributed by atoms with van der Waals surface area (Å²) in [4.78, 5) is 11.2. The van der Waals surface area contributed by atoms with Gasteiger partial charge in [0.25, 0.3) is 0 Å². The van der Waals surface area contributed by atoms with Gasteiger partial charge in [-0.25, -0.2) is 4.79 Å². The number of halogens is 1. The van der Waals surface area contributed by atoms with Crippen molar-refractivity contribution < 1.29 is 14.1 Å². The molecule has 0 fully saturated rings. The molecule has 0 bridgehead atoms. The molecule has 2 rings (SSSR count). The number of benzene rings is 1. The van der Waals surface area contributed by atoms with Gasteiger partial charge in [0, 0.05) is 11.1 Å². The van der Waals surface area contributed by atoms with Crippen molar-refractivity contribution in [2.75, 3.05) is 7.11 Å². The molecule has 0 saturated heterocycles. The van der Waals surface area contributed by atoms with Crippen LogP contribution in [0.2, 0.25) is 5.02 Å². The molecule has 1 aromatic heterocycles. The Balaban J connectivity index is 2.64. The van der Waals surface area contributed by atoms with E-state index in [4.69, 9.17) is 16.1 Å². The summed E-state index contributed by atoms with van der Waals surface area (Å²) in [6.45, 7) is 0. The predicted octanol–water partition coefficient (Wildman–Crippen LogP) is 2.27. The number of methoxy groups -OCH3 is 1. The first-order chi connectivity index (χ1) is 6.72. The van der Waals surface area contributed by atoms with Crippen LogP contribution in [0.4, 0.5) is 0 Å². The topological polar surface area (TPSA) is 52.3 Å². The lowest BCUT2D eigenvalue weighted by Gasteiger charge is -1.92. The third kappa shape index (κ3) is 1.33. The summed E-state index contributed by atoms with van der Waals surface area (Å²) < 4.78 is 9.46. The highest BCUT2D eigenvalue weighted by Gasteiger charge is 2.16. The second-order valence-electron chi connectivity index (χ2n) is 2.66. The van der Waals surface area contributed by atoms with Gasteiger partial charge in [0.2, 0.25) is 0 Å². The van der Waals surface area contributed by atoms with E-state index in [9.17, 15) is 4.79 Å². The highest BCUT2D eigenvalue weighted by atomic mass is 35.5. The lowest BCUT2D eigenvalue weighted by Crippen LogP contribution is -2.01. The Labute approximate surface area is 84.4 Å². The minimum Gasteiger partial charge on any atom is -0.464 e. The first kappa shape index (κ1) is 9.02. The maximum Gasteiger partial charge on any atom is 0.360 e. The molecule has 0 aliphatic rings. The summed E-state index contributed by atoms with van der Waals surface area (Å²) in [5, 5.41) is 4.73. The Morgan fingerprint density at radius 1 is 1.57 bits per heavy atom. The summed E-state index contributed by atoms with van der Waals surface area (Å²) >= 11 is 5.74. The third-order valence-electron chi connectivity index (χ3n) is 1.81. The predicted molar refractivity (Wildman–Crippen MR) is 50.4 cm³/mol. The standard InChI is InChI=1S/C9H6ClNO3/c1-13-9(12)8-6-3-2-5(10)4-7(6)14-11-8/h2-4H,1H3. The first-order valence-electron chi connectivity index (χ1n) is 3.85. The zero-order chi connectivity index (χ0) is 10.1. The number of hydrogen-bond donors (Lipinski definition) is 0. The van der Waals surface area contributed by atoms with E-state index in [1.807, 2.05) is 0 Å². The molecule has 4 nitrogen and oxygen atoms in total. The van der Waals surface area contributed by atoms with Crippen LogP contribution in [0.15, 0.2) is 22.7 Å². The molecule has 1 heterocycles. The van der Waals surface area contributed by atoms with Gasteiger partial charge in [-0.1, -0.05) is 16.8 Å². The molecule has 0 aliphatic heterocycles. The van der Waals surface area contributed by atoms with Gasteiger partial charge < -0.3 is 9.26 Å². The van der Waals surface area contributed by atoms with E-state index in [0.29, 0.717) is 16.0 Å². The minimum absolute atomic E-state index is 0.166. The van der Waals surface area contributed by atoms with E-state index in [0.717, 1.165) is 0 Å². The van der Waals surface area contributed by atoms with Gasteiger partial charge in [-0.15, -0.1) is 0 Å². The molecule has 0 amide bonds. The van der Waals surface area contributed by atoms with Gasteiger partial charge in [0.1, 0.15) is 0 Å². The number of carbonyl (C=O) groups excluding carboxylic acids is 1. The smallest absolute Gasteiger partial charge is 0.360 e. The van der Waals surface area contributed by atoms with Crippen molar-refractivity contribution in [3.63, 3.8) is 0 Å². The molecule has 0 saturated carbocycles. The molecular formula is C9H6ClNO3. The molecule has 0 aliphatic carbocycles. The SMILES string of the molecule is COC(=O)c1noc2cc(Cl)ccc12. The highest BCUT2D eigenvalue weighted by Crippen LogP contribution is 2.22. The summed E-state index contributed by atoms with van der Waals surface area (Å²) in [5.74, 6) is -0.522. The number of fused-ring (bicyclic) bond motifs is 1. The second-order valence-corrected chi connectivity index (χ2v) is 3.10. The normalized spacial score (nSPS) is 10.4. The lowest BCUT2D eigenvalue weighted by atomic mass is 10.2. The summed E-state index contributed by atoms with van der Waals surface area (Å²) in [6.07, 6.45) is 0. The van der Waals surface area contributed by atoms with Crippen molar-refractivity contribution in [2.45, 2.75) is 0 Å². The number of aromatic nitrogens is 1. The number of ether oxygens (including phenoxy) is 1. The maximum atomic E-state index is 11.2. The van der Waals surface area contributed by atoms with Gasteiger partial charge in [0.15, 0.2) is 11.3 Å². The van der Waals surface area contributed by atoms with E-state index in [2.05, 4.69) is 9.89 Å². The Morgan fingerprint density at radius 2 is 2.36 bits per heavy atom. The second kappa shape index (κ2) is 3.31. The highest BCUT2D eigenvalue weighted by molar-refractivity contribution is 6.31. The number of hydrogen-bond acceptors (Lipinski definition) is 4. The van der Waals surface area contributed by atoms with Crippen molar-refractivity contribution in [1.29, 1.82) is 0 Å². The fourth-order valence-corrected chi connectivity index (χ4v) is 1.32. The molecule has 72 valence electrons. The zero-order valence-corrected chi connectivity index (χ0v) is 8.04. The number of nitrogens with zero attached hydrogens (tertiary/aromatic N) is 1. The van der Waals surface area contributed by atoms with Crippen LogP contribution in [0.25, 0.3) is 11.0 Å². The van der Waals surface area contributed by atoms with Crippen LogP contribution in [-0.2, 0) is 4.74 Å². The Kier molecular flexibility index (Phi) is 2.13. The number of rotatable bonds is 1. The van der Waals surface area contributed by atoms with Crippen LogP contribution in [0.5, 0.6) is 0 Å². The summed E-state index contributed by atoms with van der Waals surface area (Å²) in [7, 11) is 1.29. The average Bonchev–Trinajstić information content (AvgIpc) is 2.59. The van der Waals surface area contributed by atoms with Crippen LogP contribution >= 0.6 is 11.6 Å². The molecule has 0 N–H and O–H groups in total. The van der Waals surface area contributed by atoms with Gasteiger partial charge in [-0.3, -0.25) is 0 Å². The fourth-order valence-electron chi connectivity index (χ4n) is 1.16. The van der Waals surface area contributed by atoms with Crippen LogP contribution in [0.3, 0.4) is 0 Å². The van der Waals surface area contributed by atoms with E-state index in [-0.39, 0.29) is 5.69 Å². The largest absolute Gasteiger partial charge is 0.464 e. The molecule has 14 heavy (non-hydrogen) atoms. The van der Waals surface area contributed by atoms with Gasteiger partial charge in [0.05, 0.1) is 12.5 Å². The van der Waals surface area contributed by atoms with E-state index >= 15 is 0 Å². The van der Waals surface area contributed by atoms with Crippen molar-refractivity contribution in [2.24, 2.45) is 0 Å². The van der Waals surface area contributed by atoms with Crippen LogP contribution < -0.4 is 0 Å². The van der Waals surface area contributed by atoms with E-state index in [1.54, 1.807) is 18.2 Å². The molecule has 0 radical (unpaired) electrons. The molecule has 0 atom stereocenters. The monoisotopic (exact) mass is 211 g/mol. The van der Waals surface area contributed by atoms with Crippen molar-refractivity contribution in [3.8, 4) is 0 Å². The van der Waals surface area contributed by atoms with Crippen molar-refractivity contribution in [1.82, 2.24) is 5.16 Å². The van der Waals surface area contributed by atoms with E-state index < -0.39 is 5.97 Å². The quantitative estimate of drug-likeness (QED) is 0.679. The molecule has 5 heteroatoms. The number of esters is 1. The van der Waals surface area contributed by atoms with Crippen molar-refractivity contribution >= 4 is 28.5 Å². The molecular weight excluding hydrogens is 206 g/mol. The van der Waals surface area contributed by atoms with Gasteiger partial charge in [-0.2, -0.15) is 0 Å². The molecule has 1 aromatic carbocycles. The Morgan fingerprint density at radius 3 is 3.07 bits per heavy atom. The van der Waals surface area contributed by atoms with Gasteiger partial charge >= 0.3 is 5.97 Å². The van der Waals surface area contributed by atoms with Crippen LogP contribution in [0, 0.1) is 0 Å². The maximum absolute atomic E-state index is 11.2. The Bertz CT molecular complexity index is 492. The lowest BCUT2D eigenvalue weighted by molar-refractivity contribution is 0.0591. The van der Waals surface area contributed by atoms with Crippen LogP contribution in [-0.4, -0.2) is 18.2 Å². The third-order valence-corrected chi connectivity index (χ3v) is 2.05. The minimum atomic E-state index is -0.522. The summed E-state index contributed by atoms with van der Waals surface area (Å²) in [6, 6.07) is 4.92. The first-order valence-corrected chi connectivity index (χ1v) is 4.23.